The summed E-state index contributed by atoms with van der Waals surface area (Å²) in [6.07, 6.45) is -4.16. The van der Waals surface area contributed by atoms with Gasteiger partial charge in [0.2, 0.25) is 0 Å². The van der Waals surface area contributed by atoms with E-state index in [1.807, 2.05) is 0 Å². The van der Waals surface area contributed by atoms with E-state index in [9.17, 15) is 10.2 Å². The average molecular weight is 250 g/mol. The number of rotatable bonds is 3. The van der Waals surface area contributed by atoms with Crippen molar-refractivity contribution in [2.24, 2.45) is 0 Å². The summed E-state index contributed by atoms with van der Waals surface area (Å²) < 4.78 is 20.6. The van der Waals surface area contributed by atoms with Crippen LogP contribution in [0.1, 0.15) is 6.92 Å². The second-order valence-corrected chi connectivity index (χ2v) is 3.96. The van der Waals surface area contributed by atoms with Crippen LogP contribution in [-0.2, 0) is 18.9 Å². The summed E-state index contributed by atoms with van der Waals surface area (Å²) in [6.45, 7) is 2.38. The first-order valence-electron chi connectivity index (χ1n) is 5.10. The zero-order chi connectivity index (χ0) is 11.7. The SMILES string of the molecule is CCO[C@@H]1O[C@@H]([C@@H]2COC(=S)O2)[C@@H](O)[C@@H]1O. The van der Waals surface area contributed by atoms with Gasteiger partial charge >= 0.3 is 5.24 Å². The molecule has 0 amide bonds. The largest absolute Gasteiger partial charge is 0.453 e. The lowest BCUT2D eigenvalue weighted by Gasteiger charge is -2.18. The molecule has 0 aromatic carbocycles. The molecule has 2 aliphatic rings. The Balaban J connectivity index is 1.98. The maximum Gasteiger partial charge on any atom is 0.352 e. The van der Waals surface area contributed by atoms with E-state index in [2.05, 4.69) is 0 Å². The summed E-state index contributed by atoms with van der Waals surface area (Å²) >= 11 is 4.70. The lowest BCUT2D eigenvalue weighted by atomic mass is 10.1. The van der Waals surface area contributed by atoms with Gasteiger partial charge in [0.25, 0.3) is 0 Å². The third kappa shape index (κ3) is 2.14. The van der Waals surface area contributed by atoms with Gasteiger partial charge in [-0.05, 0) is 6.92 Å². The van der Waals surface area contributed by atoms with Gasteiger partial charge in [-0.1, -0.05) is 0 Å². The zero-order valence-electron chi connectivity index (χ0n) is 8.74. The topological polar surface area (TPSA) is 77.4 Å². The van der Waals surface area contributed by atoms with Gasteiger partial charge in [0, 0.05) is 18.8 Å². The predicted octanol–water partition coefficient (Wildman–Crippen LogP) is -0.830. The maximum atomic E-state index is 9.77. The van der Waals surface area contributed by atoms with E-state index < -0.39 is 30.7 Å². The third-order valence-corrected chi connectivity index (χ3v) is 2.78. The predicted molar refractivity (Wildman–Crippen MR) is 55.7 cm³/mol. The van der Waals surface area contributed by atoms with Gasteiger partial charge < -0.3 is 29.2 Å². The maximum absolute atomic E-state index is 9.77. The molecule has 0 radical (unpaired) electrons. The third-order valence-electron chi connectivity index (χ3n) is 2.57. The van der Waals surface area contributed by atoms with Crippen LogP contribution in [0, 0.1) is 0 Å². The summed E-state index contributed by atoms with van der Waals surface area (Å²) in [7, 11) is 0. The molecular formula is C9H14O6S. The molecule has 2 fully saturated rings. The van der Waals surface area contributed by atoms with Crippen molar-refractivity contribution >= 4 is 17.5 Å². The van der Waals surface area contributed by atoms with E-state index in [1.54, 1.807) is 6.92 Å². The Morgan fingerprint density at radius 3 is 2.75 bits per heavy atom. The highest BCUT2D eigenvalue weighted by Gasteiger charge is 2.49. The number of aliphatic hydroxyl groups excluding tert-OH is 2. The molecule has 2 saturated heterocycles. The van der Waals surface area contributed by atoms with E-state index in [0.29, 0.717) is 6.61 Å². The first-order chi connectivity index (χ1) is 7.63. The molecule has 0 spiro atoms. The average Bonchev–Trinajstić information content (AvgIpc) is 2.78. The molecule has 0 aromatic heterocycles. The van der Waals surface area contributed by atoms with Crippen molar-refractivity contribution in [1.82, 2.24) is 0 Å². The van der Waals surface area contributed by atoms with E-state index in [0.717, 1.165) is 0 Å². The van der Waals surface area contributed by atoms with Gasteiger partial charge in [0.1, 0.15) is 24.9 Å². The van der Waals surface area contributed by atoms with E-state index >= 15 is 0 Å². The Morgan fingerprint density at radius 1 is 1.44 bits per heavy atom. The fourth-order valence-corrected chi connectivity index (χ4v) is 1.98. The standard InChI is InChI=1S/C9H14O6S/c1-2-12-8-6(11)5(10)7(15-8)4-3-13-9(16)14-4/h4-8,10-11H,2-3H2,1H3/t4-,5-,6-,7-,8+/m0/s1. The summed E-state index contributed by atoms with van der Waals surface area (Å²) in [6, 6.07) is 0. The molecule has 2 aliphatic heterocycles. The highest BCUT2D eigenvalue weighted by atomic mass is 32.1. The molecule has 0 unspecified atom stereocenters. The van der Waals surface area contributed by atoms with Crippen LogP contribution in [0.25, 0.3) is 0 Å². The Labute approximate surface area is 98.0 Å². The fourth-order valence-electron chi connectivity index (χ4n) is 1.78. The first-order valence-corrected chi connectivity index (χ1v) is 5.51. The van der Waals surface area contributed by atoms with Gasteiger partial charge in [0.15, 0.2) is 12.4 Å². The zero-order valence-corrected chi connectivity index (χ0v) is 9.55. The number of hydrogen-bond acceptors (Lipinski definition) is 7. The van der Waals surface area contributed by atoms with Crippen molar-refractivity contribution in [3.8, 4) is 0 Å². The van der Waals surface area contributed by atoms with Crippen molar-refractivity contribution in [1.29, 1.82) is 0 Å². The molecule has 0 aliphatic carbocycles. The van der Waals surface area contributed by atoms with Gasteiger partial charge in [-0.2, -0.15) is 0 Å². The minimum Gasteiger partial charge on any atom is -0.453 e. The van der Waals surface area contributed by atoms with Gasteiger partial charge in [-0.3, -0.25) is 0 Å². The van der Waals surface area contributed by atoms with Crippen LogP contribution in [0.2, 0.25) is 0 Å². The molecule has 0 aromatic rings. The Kier molecular flexibility index (Phi) is 3.60. The monoisotopic (exact) mass is 250 g/mol. The number of thiocarbonyl (C=S) groups is 1. The molecule has 0 saturated carbocycles. The number of ether oxygens (including phenoxy) is 4. The van der Waals surface area contributed by atoms with Crippen LogP contribution >= 0.6 is 12.2 Å². The van der Waals surface area contributed by atoms with Crippen molar-refractivity contribution in [2.45, 2.75) is 37.6 Å². The molecular weight excluding hydrogens is 236 g/mol. The summed E-state index contributed by atoms with van der Waals surface area (Å²) in [4.78, 5) is 0. The molecule has 2 heterocycles. The lowest BCUT2D eigenvalue weighted by Crippen LogP contribution is -2.40. The van der Waals surface area contributed by atoms with Crippen LogP contribution in [0.3, 0.4) is 0 Å². The van der Waals surface area contributed by atoms with Gasteiger partial charge in [-0.25, -0.2) is 0 Å². The minimum absolute atomic E-state index is 0.0372. The first kappa shape index (κ1) is 12.0. The van der Waals surface area contributed by atoms with Crippen LogP contribution < -0.4 is 0 Å². The van der Waals surface area contributed by atoms with Crippen LogP contribution in [-0.4, -0.2) is 59.4 Å². The summed E-state index contributed by atoms with van der Waals surface area (Å²) in [5.41, 5.74) is 0. The van der Waals surface area contributed by atoms with Gasteiger partial charge in [-0.15, -0.1) is 0 Å². The fraction of sp³-hybridized carbons (Fsp3) is 0.889. The van der Waals surface area contributed by atoms with Crippen molar-refractivity contribution in [3.05, 3.63) is 0 Å². The van der Waals surface area contributed by atoms with Crippen molar-refractivity contribution in [2.75, 3.05) is 13.2 Å². The second-order valence-electron chi connectivity index (χ2n) is 3.62. The molecule has 5 atom stereocenters. The number of aliphatic hydroxyl groups is 2. The molecule has 6 nitrogen and oxygen atoms in total. The van der Waals surface area contributed by atoms with Crippen molar-refractivity contribution < 1.29 is 29.2 Å². The van der Waals surface area contributed by atoms with Gasteiger partial charge in [0.05, 0.1) is 0 Å². The van der Waals surface area contributed by atoms with Crippen LogP contribution in [0.15, 0.2) is 0 Å². The Hall–Kier alpha value is -0.470. The van der Waals surface area contributed by atoms with E-state index in [4.69, 9.17) is 31.2 Å². The van der Waals surface area contributed by atoms with Crippen LogP contribution in [0.4, 0.5) is 0 Å². The molecule has 7 heteroatoms. The lowest BCUT2D eigenvalue weighted by molar-refractivity contribution is -0.172. The molecule has 2 rings (SSSR count). The molecule has 92 valence electrons. The highest BCUT2D eigenvalue weighted by molar-refractivity contribution is 7.79. The molecule has 0 bridgehead atoms. The highest BCUT2D eigenvalue weighted by Crippen LogP contribution is 2.28. The molecule has 16 heavy (non-hydrogen) atoms. The Bertz CT molecular complexity index is 273. The normalized spacial score (nSPS) is 43.2. The summed E-state index contributed by atoms with van der Waals surface area (Å²) in [5, 5.41) is 19.5. The van der Waals surface area contributed by atoms with E-state index in [-0.39, 0.29) is 11.8 Å². The minimum atomic E-state index is -1.08. The Morgan fingerprint density at radius 2 is 2.19 bits per heavy atom. The smallest absolute Gasteiger partial charge is 0.352 e. The molecule has 2 N–H and O–H groups in total. The van der Waals surface area contributed by atoms with Crippen LogP contribution in [0.5, 0.6) is 0 Å². The quantitative estimate of drug-likeness (QED) is 0.633. The van der Waals surface area contributed by atoms with Crippen molar-refractivity contribution in [3.63, 3.8) is 0 Å². The number of hydrogen-bond donors (Lipinski definition) is 2. The second kappa shape index (κ2) is 4.80. The summed E-state index contributed by atoms with van der Waals surface area (Å²) in [5.74, 6) is 0. The van der Waals surface area contributed by atoms with E-state index in [1.165, 1.54) is 0 Å².